The topological polar surface area (TPSA) is 197 Å². The number of aliphatic hydroxyl groups is 1. The molecule has 0 saturated heterocycles. The van der Waals surface area contributed by atoms with Gasteiger partial charge in [-0.15, -0.1) is 0 Å². The van der Waals surface area contributed by atoms with Crippen LogP contribution in [-0.2, 0) is 19.2 Å². The van der Waals surface area contributed by atoms with Gasteiger partial charge in [0.25, 0.3) is 0 Å². The van der Waals surface area contributed by atoms with Crippen molar-refractivity contribution in [1.29, 1.82) is 0 Å². The smallest absolute Gasteiger partial charge is 0.326 e. The third-order valence-electron chi connectivity index (χ3n) is 4.88. The lowest BCUT2D eigenvalue weighted by Crippen LogP contribution is -2.58. The van der Waals surface area contributed by atoms with Gasteiger partial charge in [0.15, 0.2) is 0 Å². The van der Waals surface area contributed by atoms with Gasteiger partial charge in [-0.05, 0) is 57.1 Å². The fraction of sp³-hybridized carbons (Fsp3) is 0.800. The fourth-order valence-corrected chi connectivity index (χ4v) is 3.26. The van der Waals surface area contributed by atoms with Crippen LogP contribution >= 0.6 is 11.8 Å². The number of unbranched alkanes of at least 4 members (excludes halogenated alkanes) is 1. The molecule has 0 aromatic carbocycles. The molecule has 32 heavy (non-hydrogen) atoms. The van der Waals surface area contributed by atoms with Gasteiger partial charge in [-0.3, -0.25) is 14.4 Å². The molecule has 3 amide bonds. The maximum absolute atomic E-state index is 12.9. The lowest BCUT2D eigenvalue weighted by Gasteiger charge is -2.26. The van der Waals surface area contributed by atoms with Crippen molar-refractivity contribution in [3.05, 3.63) is 0 Å². The molecule has 0 rings (SSSR count). The predicted molar refractivity (Wildman–Crippen MR) is 124 cm³/mol. The summed E-state index contributed by atoms with van der Waals surface area (Å²) < 4.78 is 0. The van der Waals surface area contributed by atoms with Gasteiger partial charge >= 0.3 is 5.97 Å². The number of nitrogens with one attached hydrogen (secondary N) is 3. The molecule has 0 aromatic heterocycles. The molecule has 186 valence electrons. The van der Waals surface area contributed by atoms with E-state index in [0.29, 0.717) is 25.1 Å². The lowest BCUT2D eigenvalue weighted by atomic mass is 10.0. The average Bonchev–Trinajstić information content (AvgIpc) is 2.72. The SMILES string of the molecule is CSCCC(NC(=O)C(CCCCN)NC(=O)C(N)C(C)O)C(=O)NC(C(=O)O)C(C)C. The standard InChI is InChI=1S/C20H39N5O6S/c1-11(2)16(20(30)31)25-18(28)14(8-10-32-4)23-17(27)13(7-5-6-9-21)24-19(29)15(22)12(3)26/h11-16,26H,5-10,21-22H2,1-4H3,(H,23,27)(H,24,29)(H,25,28)(H,30,31). The number of aliphatic carboxylic acids is 1. The molecule has 5 unspecified atom stereocenters. The molecular weight excluding hydrogens is 438 g/mol. The second-order valence-corrected chi connectivity index (χ2v) is 9.01. The summed E-state index contributed by atoms with van der Waals surface area (Å²) in [5.74, 6) is -2.86. The van der Waals surface area contributed by atoms with Gasteiger partial charge in [0, 0.05) is 0 Å². The minimum absolute atomic E-state index is 0.266. The second kappa shape index (κ2) is 15.8. The Bertz CT molecular complexity index is 619. The quantitative estimate of drug-likeness (QED) is 0.133. The maximum atomic E-state index is 12.9. The Hall–Kier alpha value is -1.89. The maximum Gasteiger partial charge on any atom is 0.326 e. The molecule has 0 aromatic rings. The molecule has 0 spiro atoms. The monoisotopic (exact) mass is 477 g/mol. The summed E-state index contributed by atoms with van der Waals surface area (Å²) in [6.07, 6.45) is 2.47. The number of carboxylic acids is 1. The zero-order valence-corrected chi connectivity index (χ0v) is 20.1. The molecule has 0 saturated carbocycles. The van der Waals surface area contributed by atoms with E-state index in [0.717, 1.165) is 0 Å². The first-order valence-electron chi connectivity index (χ1n) is 10.7. The van der Waals surface area contributed by atoms with E-state index < -0.39 is 54.0 Å². The van der Waals surface area contributed by atoms with Crippen molar-refractivity contribution in [3.63, 3.8) is 0 Å². The molecular formula is C20H39N5O6S. The number of carbonyl (C=O) groups excluding carboxylic acids is 3. The van der Waals surface area contributed by atoms with E-state index in [2.05, 4.69) is 16.0 Å². The molecule has 0 bridgehead atoms. The summed E-state index contributed by atoms with van der Waals surface area (Å²) in [6.45, 7) is 5.12. The van der Waals surface area contributed by atoms with Gasteiger partial charge in [-0.25, -0.2) is 4.79 Å². The van der Waals surface area contributed by atoms with Crippen molar-refractivity contribution >= 4 is 35.5 Å². The Balaban J connectivity index is 5.45. The van der Waals surface area contributed by atoms with Crippen LogP contribution in [-0.4, -0.2) is 82.7 Å². The van der Waals surface area contributed by atoms with Gasteiger partial charge in [-0.2, -0.15) is 11.8 Å². The molecule has 9 N–H and O–H groups in total. The van der Waals surface area contributed by atoms with Crippen LogP contribution in [0.15, 0.2) is 0 Å². The molecule has 11 nitrogen and oxygen atoms in total. The van der Waals surface area contributed by atoms with Crippen molar-refractivity contribution in [2.45, 2.75) is 76.7 Å². The first-order chi connectivity index (χ1) is 15.0. The van der Waals surface area contributed by atoms with E-state index in [9.17, 15) is 29.4 Å². The minimum atomic E-state index is -1.21. The van der Waals surface area contributed by atoms with Crippen LogP contribution in [0.3, 0.4) is 0 Å². The van der Waals surface area contributed by atoms with Crippen LogP contribution in [0.4, 0.5) is 0 Å². The molecule has 0 radical (unpaired) electrons. The van der Waals surface area contributed by atoms with E-state index in [1.165, 1.54) is 18.7 Å². The third kappa shape index (κ3) is 11.1. The van der Waals surface area contributed by atoms with Crippen molar-refractivity contribution < 1.29 is 29.4 Å². The number of nitrogens with two attached hydrogens (primary N) is 2. The molecule has 0 aliphatic heterocycles. The Morgan fingerprint density at radius 2 is 1.44 bits per heavy atom. The number of hydrogen-bond acceptors (Lipinski definition) is 8. The van der Waals surface area contributed by atoms with Gasteiger partial charge < -0.3 is 37.6 Å². The second-order valence-electron chi connectivity index (χ2n) is 8.02. The highest BCUT2D eigenvalue weighted by atomic mass is 32.2. The van der Waals surface area contributed by atoms with Gasteiger partial charge in [0.05, 0.1) is 6.10 Å². The number of thioether (sulfide) groups is 1. The first kappa shape index (κ1) is 30.1. The normalized spacial score (nSPS) is 15.9. The van der Waals surface area contributed by atoms with Gasteiger partial charge in [-0.1, -0.05) is 13.8 Å². The molecule has 0 fully saturated rings. The number of carboxylic acid groups (broad SMARTS) is 1. The average molecular weight is 478 g/mol. The van der Waals surface area contributed by atoms with E-state index in [1.54, 1.807) is 13.8 Å². The molecule has 0 aliphatic carbocycles. The number of hydrogen-bond donors (Lipinski definition) is 7. The van der Waals surface area contributed by atoms with E-state index in [1.807, 2.05) is 6.26 Å². The highest BCUT2D eigenvalue weighted by Gasteiger charge is 2.31. The highest BCUT2D eigenvalue weighted by Crippen LogP contribution is 2.08. The summed E-state index contributed by atoms with van der Waals surface area (Å²) in [7, 11) is 0. The Morgan fingerprint density at radius 3 is 1.91 bits per heavy atom. The van der Waals surface area contributed by atoms with Crippen molar-refractivity contribution in [2.75, 3.05) is 18.6 Å². The summed E-state index contributed by atoms with van der Waals surface area (Å²) in [6, 6.07) is -4.27. The van der Waals surface area contributed by atoms with E-state index in [4.69, 9.17) is 11.5 Å². The number of amides is 3. The molecule has 5 atom stereocenters. The number of rotatable bonds is 16. The Morgan fingerprint density at radius 1 is 0.906 bits per heavy atom. The lowest BCUT2D eigenvalue weighted by molar-refractivity contribution is -0.143. The van der Waals surface area contributed by atoms with Crippen LogP contribution in [0.25, 0.3) is 0 Å². The van der Waals surface area contributed by atoms with Crippen LogP contribution in [0.5, 0.6) is 0 Å². The zero-order chi connectivity index (χ0) is 24.8. The van der Waals surface area contributed by atoms with Crippen molar-refractivity contribution in [2.24, 2.45) is 17.4 Å². The van der Waals surface area contributed by atoms with Crippen LogP contribution < -0.4 is 27.4 Å². The largest absolute Gasteiger partial charge is 0.480 e. The van der Waals surface area contributed by atoms with Crippen molar-refractivity contribution in [1.82, 2.24) is 16.0 Å². The summed E-state index contributed by atoms with van der Waals surface area (Å²) >= 11 is 1.47. The van der Waals surface area contributed by atoms with Crippen LogP contribution in [0.2, 0.25) is 0 Å². The van der Waals surface area contributed by atoms with Gasteiger partial charge in [0.2, 0.25) is 17.7 Å². The first-order valence-corrected chi connectivity index (χ1v) is 12.1. The van der Waals surface area contributed by atoms with Crippen LogP contribution in [0, 0.1) is 5.92 Å². The molecule has 0 heterocycles. The van der Waals surface area contributed by atoms with Crippen LogP contribution in [0.1, 0.15) is 46.5 Å². The van der Waals surface area contributed by atoms with Crippen molar-refractivity contribution in [3.8, 4) is 0 Å². The Labute approximate surface area is 193 Å². The predicted octanol–water partition coefficient (Wildman–Crippen LogP) is -1.23. The summed E-state index contributed by atoms with van der Waals surface area (Å²) in [5, 5.41) is 26.5. The van der Waals surface area contributed by atoms with Gasteiger partial charge in [0.1, 0.15) is 24.2 Å². The third-order valence-corrected chi connectivity index (χ3v) is 5.52. The van der Waals surface area contributed by atoms with E-state index in [-0.39, 0.29) is 18.8 Å². The zero-order valence-electron chi connectivity index (χ0n) is 19.3. The number of carbonyl (C=O) groups is 4. The number of aliphatic hydroxyl groups excluding tert-OH is 1. The van der Waals surface area contributed by atoms with E-state index >= 15 is 0 Å². The summed E-state index contributed by atoms with van der Waals surface area (Å²) in [5.41, 5.74) is 11.2. The minimum Gasteiger partial charge on any atom is -0.480 e. The molecule has 0 aliphatic rings. The Kier molecular flexibility index (Phi) is 14.9. The molecule has 12 heteroatoms. The summed E-state index contributed by atoms with van der Waals surface area (Å²) in [4.78, 5) is 49.4. The highest BCUT2D eigenvalue weighted by molar-refractivity contribution is 7.98. The fourth-order valence-electron chi connectivity index (χ4n) is 2.79.